The summed E-state index contributed by atoms with van der Waals surface area (Å²) < 4.78 is 0. The Balaban J connectivity index is 0.000000561. The molecule has 2 N–H and O–H groups in total. The van der Waals surface area contributed by atoms with E-state index in [0.717, 1.165) is 30.1 Å². The minimum absolute atomic E-state index is 0.941. The Morgan fingerprint density at radius 1 is 0.727 bits per heavy atom. The topological polar surface area (TPSA) is 36.4 Å². The average molecular weight is 297 g/mol. The first-order valence-electron chi connectivity index (χ1n) is 8.14. The maximum Gasteiger partial charge on any atom is 0.121 e. The fourth-order valence-electron chi connectivity index (χ4n) is 2.04. The van der Waals surface area contributed by atoms with Crippen LogP contribution in [0, 0.1) is 0 Å². The van der Waals surface area contributed by atoms with Crippen LogP contribution in [-0.4, -0.2) is 5.84 Å². The number of nitrogens with zero attached hydrogens (tertiary/aromatic N) is 1. The van der Waals surface area contributed by atoms with Crippen LogP contribution in [0.1, 0.15) is 39.7 Å². The van der Waals surface area contributed by atoms with Crippen LogP contribution >= 0.6 is 0 Å². The molecule has 2 aromatic carbocycles. The first-order valence-corrected chi connectivity index (χ1v) is 8.14. The van der Waals surface area contributed by atoms with Gasteiger partial charge in [0.15, 0.2) is 0 Å². The second kappa shape index (κ2) is 10.4. The van der Waals surface area contributed by atoms with Gasteiger partial charge in [-0.05, 0) is 30.2 Å². The number of rotatable bonds is 2. The van der Waals surface area contributed by atoms with Gasteiger partial charge in [0.05, 0.1) is 11.4 Å². The highest BCUT2D eigenvalue weighted by atomic mass is 15.4. The van der Waals surface area contributed by atoms with Crippen molar-refractivity contribution >= 4 is 17.2 Å². The van der Waals surface area contributed by atoms with Crippen LogP contribution in [0.25, 0.3) is 0 Å². The van der Waals surface area contributed by atoms with Crippen molar-refractivity contribution in [1.29, 1.82) is 0 Å². The average Bonchev–Trinajstić information content (AvgIpc) is 2.64. The maximum atomic E-state index is 4.60. The van der Waals surface area contributed by atoms with Gasteiger partial charge in [-0.3, -0.25) is 10.9 Å². The predicted octanol–water partition coefficient (Wildman–Crippen LogP) is 5.33. The summed E-state index contributed by atoms with van der Waals surface area (Å²) in [6.07, 6.45) is 1.98. The molecule has 0 atom stereocenters. The smallest absolute Gasteiger partial charge is 0.121 e. The largest absolute Gasteiger partial charge is 0.300 e. The first-order chi connectivity index (χ1) is 10.9. The van der Waals surface area contributed by atoms with Crippen molar-refractivity contribution in [1.82, 2.24) is 5.43 Å². The number of benzene rings is 2. The lowest BCUT2D eigenvalue weighted by Gasteiger charge is -2.17. The van der Waals surface area contributed by atoms with Gasteiger partial charge in [0.25, 0.3) is 0 Å². The Bertz CT molecular complexity index is 562. The summed E-state index contributed by atoms with van der Waals surface area (Å²) in [6, 6.07) is 18.3. The van der Waals surface area contributed by atoms with E-state index in [2.05, 4.69) is 34.0 Å². The number of hydrogen-bond donors (Lipinski definition) is 2. The molecule has 3 nitrogen and oxygen atoms in total. The van der Waals surface area contributed by atoms with Crippen molar-refractivity contribution in [2.75, 3.05) is 5.43 Å². The molecule has 1 heterocycles. The van der Waals surface area contributed by atoms with Crippen LogP contribution in [0.5, 0.6) is 0 Å². The lowest BCUT2D eigenvalue weighted by molar-refractivity contribution is 0.940. The molecule has 0 fully saturated rings. The molecule has 0 spiro atoms. The third-order valence-electron chi connectivity index (χ3n) is 3.00. The van der Waals surface area contributed by atoms with E-state index in [-0.39, 0.29) is 0 Å². The van der Waals surface area contributed by atoms with Crippen LogP contribution in [0.2, 0.25) is 0 Å². The van der Waals surface area contributed by atoms with E-state index in [9.17, 15) is 0 Å². The molecule has 22 heavy (non-hydrogen) atoms. The van der Waals surface area contributed by atoms with Crippen molar-refractivity contribution < 1.29 is 0 Å². The van der Waals surface area contributed by atoms with E-state index in [1.54, 1.807) is 0 Å². The Morgan fingerprint density at radius 3 is 2.09 bits per heavy atom. The molecule has 1 aliphatic rings. The monoisotopic (exact) mass is 297 g/mol. The summed E-state index contributed by atoms with van der Waals surface area (Å²) in [4.78, 5) is 4.60. The van der Waals surface area contributed by atoms with Gasteiger partial charge in [-0.15, -0.1) is 0 Å². The predicted molar refractivity (Wildman–Crippen MR) is 97.8 cm³/mol. The van der Waals surface area contributed by atoms with Crippen LogP contribution in [0.4, 0.5) is 11.4 Å². The normalized spacial score (nSPS) is 11.5. The van der Waals surface area contributed by atoms with Crippen LogP contribution in [0.3, 0.4) is 0 Å². The van der Waals surface area contributed by atoms with Crippen molar-refractivity contribution in [3.63, 3.8) is 0 Å². The third kappa shape index (κ3) is 5.24. The lowest BCUT2D eigenvalue weighted by Crippen LogP contribution is -2.30. The Hall–Kier alpha value is -2.29. The third-order valence-corrected chi connectivity index (χ3v) is 3.00. The zero-order valence-corrected chi connectivity index (χ0v) is 14.1. The van der Waals surface area contributed by atoms with E-state index in [4.69, 9.17) is 0 Å². The number of hydrazine groups is 1. The van der Waals surface area contributed by atoms with Crippen LogP contribution in [0.15, 0.2) is 59.6 Å². The van der Waals surface area contributed by atoms with Crippen molar-refractivity contribution in [3.8, 4) is 0 Å². The summed E-state index contributed by atoms with van der Waals surface area (Å²) in [5, 5.41) is 0. The van der Waals surface area contributed by atoms with Gasteiger partial charge in [-0.25, -0.2) is 4.99 Å². The molecule has 3 heteroatoms. The Labute approximate surface area is 134 Å². The van der Waals surface area contributed by atoms with Crippen molar-refractivity contribution in [3.05, 3.63) is 60.2 Å². The van der Waals surface area contributed by atoms with Crippen molar-refractivity contribution in [2.24, 2.45) is 4.99 Å². The highest BCUT2D eigenvalue weighted by Gasteiger charge is 2.10. The van der Waals surface area contributed by atoms with Gasteiger partial charge in [0.1, 0.15) is 5.84 Å². The highest BCUT2D eigenvalue weighted by molar-refractivity contribution is 5.88. The molecule has 2 aromatic rings. The summed E-state index contributed by atoms with van der Waals surface area (Å²) >= 11 is 0. The molecule has 0 unspecified atom stereocenters. The van der Waals surface area contributed by atoms with Gasteiger partial charge >= 0.3 is 0 Å². The SMILES string of the molecule is CC.CC.c1ccc(NNC2=Nc3ccccc3CC2)cc1. The molecule has 3 rings (SSSR count). The van der Waals surface area contributed by atoms with E-state index in [1.165, 1.54) is 5.56 Å². The summed E-state index contributed by atoms with van der Waals surface area (Å²) in [5.74, 6) is 0.984. The molecular weight excluding hydrogens is 270 g/mol. The summed E-state index contributed by atoms with van der Waals surface area (Å²) in [6.45, 7) is 8.00. The molecule has 118 valence electrons. The van der Waals surface area contributed by atoms with E-state index >= 15 is 0 Å². The highest BCUT2D eigenvalue weighted by Crippen LogP contribution is 2.24. The van der Waals surface area contributed by atoms with Gasteiger partial charge in [0.2, 0.25) is 0 Å². The van der Waals surface area contributed by atoms with Gasteiger partial charge in [-0.1, -0.05) is 64.1 Å². The van der Waals surface area contributed by atoms with Gasteiger partial charge in [-0.2, -0.15) is 0 Å². The van der Waals surface area contributed by atoms with Crippen molar-refractivity contribution in [2.45, 2.75) is 40.5 Å². The number of fused-ring (bicyclic) bond motifs is 1. The summed E-state index contributed by atoms with van der Waals surface area (Å²) in [7, 11) is 0. The molecule has 0 amide bonds. The number of hydrogen-bond acceptors (Lipinski definition) is 3. The zero-order valence-electron chi connectivity index (χ0n) is 14.1. The number of aryl methyl sites for hydroxylation is 1. The second-order valence-corrected chi connectivity index (χ2v) is 4.30. The minimum Gasteiger partial charge on any atom is -0.300 e. The quantitative estimate of drug-likeness (QED) is 0.735. The minimum atomic E-state index is 0.941. The molecule has 0 bridgehead atoms. The number of amidine groups is 1. The molecule has 0 radical (unpaired) electrons. The first kappa shape index (κ1) is 17.8. The number of nitrogens with one attached hydrogen (secondary N) is 2. The molecular formula is C19H27N3. The second-order valence-electron chi connectivity index (χ2n) is 4.30. The van der Waals surface area contributed by atoms with Gasteiger partial charge in [0, 0.05) is 6.42 Å². The Kier molecular flexibility index (Phi) is 8.43. The van der Waals surface area contributed by atoms with E-state index in [0.29, 0.717) is 0 Å². The maximum absolute atomic E-state index is 4.60. The van der Waals surface area contributed by atoms with E-state index < -0.39 is 0 Å². The zero-order chi connectivity index (χ0) is 16.2. The standard InChI is InChI=1S/C15H15N3.2C2H6/c1-2-7-13(8-3-1)17-18-15-11-10-12-6-4-5-9-14(12)16-15;2*1-2/h1-9,17H,10-11H2,(H,16,18);2*1-2H3. The fraction of sp³-hybridized carbons (Fsp3) is 0.316. The van der Waals surface area contributed by atoms with Crippen LogP contribution in [-0.2, 0) is 6.42 Å². The fourth-order valence-corrected chi connectivity index (χ4v) is 2.04. The molecule has 0 aromatic heterocycles. The number of anilines is 1. The lowest BCUT2D eigenvalue weighted by atomic mass is 10.0. The van der Waals surface area contributed by atoms with E-state index in [1.807, 2.05) is 64.1 Å². The molecule has 0 saturated carbocycles. The summed E-state index contributed by atoms with van der Waals surface area (Å²) in [5.41, 5.74) is 9.78. The Morgan fingerprint density at radius 2 is 1.36 bits per heavy atom. The molecule has 0 aliphatic carbocycles. The molecule has 1 aliphatic heterocycles. The van der Waals surface area contributed by atoms with Gasteiger partial charge < -0.3 is 0 Å². The molecule has 0 saturated heterocycles. The van der Waals surface area contributed by atoms with Crippen LogP contribution < -0.4 is 10.9 Å². The number of para-hydroxylation sites is 2. The number of aliphatic imine (C=N–C) groups is 1.